The lowest BCUT2D eigenvalue weighted by atomic mass is 10.1. The molecule has 2 aromatic carbocycles. The molecule has 0 aromatic heterocycles. The quantitative estimate of drug-likeness (QED) is 0.828. The summed E-state index contributed by atoms with van der Waals surface area (Å²) >= 11 is 0. The van der Waals surface area contributed by atoms with Gasteiger partial charge >= 0.3 is 0 Å². The first-order chi connectivity index (χ1) is 11.5. The van der Waals surface area contributed by atoms with E-state index >= 15 is 0 Å². The number of nitrogens with one attached hydrogen (secondary N) is 2. The van der Waals surface area contributed by atoms with Crippen LogP contribution in [0.5, 0.6) is 0 Å². The van der Waals surface area contributed by atoms with Crippen molar-refractivity contribution in [1.29, 1.82) is 0 Å². The number of carbonyl (C=O) groups excluding carboxylic acids is 2. The van der Waals surface area contributed by atoms with Crippen molar-refractivity contribution in [2.75, 3.05) is 19.0 Å². The molecule has 0 aliphatic rings. The van der Waals surface area contributed by atoms with Gasteiger partial charge in [-0.25, -0.2) is 4.39 Å². The van der Waals surface area contributed by atoms with Crippen molar-refractivity contribution in [2.45, 2.75) is 12.8 Å². The molecule has 0 saturated heterocycles. The van der Waals surface area contributed by atoms with Crippen molar-refractivity contribution >= 4 is 17.5 Å². The highest BCUT2D eigenvalue weighted by Gasteiger charge is 2.09. The first-order valence-electron chi connectivity index (χ1n) is 7.57. The predicted octanol–water partition coefficient (Wildman–Crippen LogP) is 2.29. The van der Waals surface area contributed by atoms with Gasteiger partial charge in [-0.3, -0.25) is 20.4 Å². The van der Waals surface area contributed by atoms with Crippen molar-refractivity contribution in [1.82, 2.24) is 10.9 Å². The lowest BCUT2D eigenvalue weighted by Gasteiger charge is -2.13. The number of anilines is 1. The summed E-state index contributed by atoms with van der Waals surface area (Å²) in [4.78, 5) is 25.7. The molecule has 0 bridgehead atoms. The van der Waals surface area contributed by atoms with Crippen LogP contribution < -0.4 is 15.8 Å². The summed E-state index contributed by atoms with van der Waals surface area (Å²) in [6.45, 7) is 0. The molecule has 2 N–H and O–H groups in total. The zero-order valence-corrected chi connectivity index (χ0v) is 13.7. The van der Waals surface area contributed by atoms with Gasteiger partial charge in [0.15, 0.2) is 0 Å². The summed E-state index contributed by atoms with van der Waals surface area (Å²) < 4.78 is 12.8. The third kappa shape index (κ3) is 5.08. The van der Waals surface area contributed by atoms with E-state index in [9.17, 15) is 14.0 Å². The highest BCUT2D eigenvalue weighted by atomic mass is 19.1. The van der Waals surface area contributed by atoms with Gasteiger partial charge in [-0.2, -0.15) is 0 Å². The average Bonchev–Trinajstić information content (AvgIpc) is 2.59. The number of hydrazine groups is 1. The SMILES string of the molecule is CN(C)c1cccc(C(=O)NNC(=O)CCc2ccc(F)cc2)c1. The highest BCUT2D eigenvalue weighted by Crippen LogP contribution is 2.13. The normalized spacial score (nSPS) is 10.1. The van der Waals surface area contributed by atoms with Crippen LogP contribution in [0.4, 0.5) is 10.1 Å². The number of aryl methyl sites for hydroxylation is 1. The van der Waals surface area contributed by atoms with Gasteiger partial charge in [-0.05, 0) is 42.3 Å². The third-order valence-electron chi connectivity index (χ3n) is 3.49. The van der Waals surface area contributed by atoms with Crippen molar-refractivity contribution < 1.29 is 14.0 Å². The van der Waals surface area contributed by atoms with Crippen LogP contribution in [-0.2, 0) is 11.2 Å². The van der Waals surface area contributed by atoms with Crippen LogP contribution in [-0.4, -0.2) is 25.9 Å². The molecule has 0 aliphatic carbocycles. The molecule has 0 fully saturated rings. The standard InChI is InChI=1S/C18H20FN3O2/c1-22(2)16-5-3-4-14(12-16)18(24)21-20-17(23)11-8-13-6-9-15(19)10-7-13/h3-7,9-10,12H,8,11H2,1-2H3,(H,20,23)(H,21,24). The summed E-state index contributed by atoms with van der Waals surface area (Å²) in [5, 5.41) is 0. The Balaban J connectivity index is 1.81. The Morgan fingerprint density at radius 2 is 1.75 bits per heavy atom. The van der Waals surface area contributed by atoms with Gasteiger partial charge in [0.25, 0.3) is 5.91 Å². The van der Waals surface area contributed by atoms with E-state index in [1.807, 2.05) is 25.1 Å². The fourth-order valence-electron chi connectivity index (χ4n) is 2.10. The molecule has 0 spiro atoms. The molecule has 24 heavy (non-hydrogen) atoms. The maximum Gasteiger partial charge on any atom is 0.269 e. The molecule has 2 amide bonds. The molecule has 0 saturated carbocycles. The molecule has 126 valence electrons. The summed E-state index contributed by atoms with van der Waals surface area (Å²) in [7, 11) is 3.77. The largest absolute Gasteiger partial charge is 0.378 e. The van der Waals surface area contributed by atoms with Gasteiger partial charge in [0.05, 0.1) is 0 Å². The summed E-state index contributed by atoms with van der Waals surface area (Å²) in [5.41, 5.74) is 6.99. The molecular weight excluding hydrogens is 309 g/mol. The molecule has 0 atom stereocenters. The first kappa shape index (κ1) is 17.5. The number of amides is 2. The zero-order valence-electron chi connectivity index (χ0n) is 13.7. The van der Waals surface area contributed by atoms with Crippen molar-refractivity contribution in [3.8, 4) is 0 Å². The number of halogens is 1. The minimum absolute atomic E-state index is 0.198. The fraction of sp³-hybridized carbons (Fsp3) is 0.222. The van der Waals surface area contributed by atoms with Crippen LogP contribution in [0.1, 0.15) is 22.3 Å². The van der Waals surface area contributed by atoms with E-state index in [-0.39, 0.29) is 24.1 Å². The monoisotopic (exact) mass is 329 g/mol. The maximum absolute atomic E-state index is 12.8. The number of hydrogen-bond donors (Lipinski definition) is 2. The molecule has 0 aliphatic heterocycles. The second-order valence-corrected chi connectivity index (χ2v) is 5.57. The summed E-state index contributed by atoms with van der Waals surface area (Å²) in [6, 6.07) is 13.0. The topological polar surface area (TPSA) is 61.4 Å². The van der Waals surface area contributed by atoms with E-state index in [2.05, 4.69) is 10.9 Å². The van der Waals surface area contributed by atoms with E-state index in [4.69, 9.17) is 0 Å². The van der Waals surface area contributed by atoms with E-state index in [0.717, 1.165) is 11.3 Å². The minimum Gasteiger partial charge on any atom is -0.378 e. The number of rotatable bonds is 5. The van der Waals surface area contributed by atoms with Gasteiger partial charge in [0, 0.05) is 31.8 Å². The third-order valence-corrected chi connectivity index (χ3v) is 3.49. The van der Waals surface area contributed by atoms with Gasteiger partial charge in [-0.15, -0.1) is 0 Å². The second kappa shape index (κ2) is 8.10. The van der Waals surface area contributed by atoms with Gasteiger partial charge in [-0.1, -0.05) is 18.2 Å². The van der Waals surface area contributed by atoms with Crippen LogP contribution in [0, 0.1) is 5.82 Å². The number of benzene rings is 2. The summed E-state index contributed by atoms with van der Waals surface area (Å²) in [6.07, 6.45) is 0.668. The zero-order chi connectivity index (χ0) is 17.5. The number of hydrogen-bond acceptors (Lipinski definition) is 3. The predicted molar refractivity (Wildman–Crippen MR) is 91.1 cm³/mol. The van der Waals surface area contributed by atoms with Gasteiger partial charge in [0.2, 0.25) is 5.91 Å². The number of nitrogens with zero attached hydrogens (tertiary/aromatic N) is 1. The Morgan fingerprint density at radius 3 is 2.42 bits per heavy atom. The van der Waals surface area contributed by atoms with Crippen LogP contribution in [0.15, 0.2) is 48.5 Å². The van der Waals surface area contributed by atoms with Gasteiger partial charge < -0.3 is 4.90 Å². The molecule has 2 aromatic rings. The second-order valence-electron chi connectivity index (χ2n) is 5.57. The smallest absolute Gasteiger partial charge is 0.269 e. The van der Waals surface area contributed by atoms with Gasteiger partial charge in [0.1, 0.15) is 5.82 Å². The van der Waals surface area contributed by atoms with Crippen LogP contribution in [0.3, 0.4) is 0 Å². The summed E-state index contributed by atoms with van der Waals surface area (Å²) in [5.74, 6) is -0.999. The molecule has 0 heterocycles. The molecule has 6 heteroatoms. The first-order valence-corrected chi connectivity index (χ1v) is 7.57. The van der Waals surface area contributed by atoms with Crippen LogP contribution in [0.25, 0.3) is 0 Å². The number of carbonyl (C=O) groups is 2. The molecule has 0 radical (unpaired) electrons. The van der Waals surface area contributed by atoms with E-state index < -0.39 is 0 Å². The average molecular weight is 329 g/mol. The van der Waals surface area contributed by atoms with Crippen LogP contribution in [0.2, 0.25) is 0 Å². The van der Waals surface area contributed by atoms with Crippen molar-refractivity contribution in [3.05, 3.63) is 65.5 Å². The Bertz CT molecular complexity index is 714. The highest BCUT2D eigenvalue weighted by molar-refractivity contribution is 5.96. The Kier molecular flexibility index (Phi) is 5.89. The maximum atomic E-state index is 12.8. The minimum atomic E-state index is -0.381. The molecule has 0 unspecified atom stereocenters. The molecular formula is C18H20FN3O2. The molecule has 2 rings (SSSR count). The van der Waals surface area contributed by atoms with E-state index in [1.165, 1.54) is 12.1 Å². The Labute approximate surface area is 140 Å². The lowest BCUT2D eigenvalue weighted by Crippen LogP contribution is -2.41. The van der Waals surface area contributed by atoms with E-state index in [0.29, 0.717) is 12.0 Å². The van der Waals surface area contributed by atoms with Crippen molar-refractivity contribution in [2.24, 2.45) is 0 Å². The molecule has 5 nitrogen and oxygen atoms in total. The van der Waals surface area contributed by atoms with E-state index in [1.54, 1.807) is 30.3 Å². The fourth-order valence-corrected chi connectivity index (χ4v) is 2.10. The Morgan fingerprint density at radius 1 is 1.04 bits per heavy atom. The van der Waals surface area contributed by atoms with Crippen LogP contribution >= 0.6 is 0 Å². The Hall–Kier alpha value is -2.89. The van der Waals surface area contributed by atoms with Crippen molar-refractivity contribution in [3.63, 3.8) is 0 Å². The lowest BCUT2D eigenvalue weighted by molar-refractivity contribution is -0.121.